The molecule has 2 aromatic heterocycles. The van der Waals surface area contributed by atoms with Gasteiger partial charge in [0.1, 0.15) is 5.82 Å². The molecular formula is C11H13N5O. The van der Waals surface area contributed by atoms with Crippen LogP contribution in [-0.4, -0.2) is 41.3 Å². The Labute approximate surface area is 98.4 Å². The van der Waals surface area contributed by atoms with Gasteiger partial charge >= 0.3 is 0 Å². The van der Waals surface area contributed by atoms with E-state index in [2.05, 4.69) is 19.9 Å². The molecule has 0 radical (unpaired) electrons. The zero-order valence-electron chi connectivity index (χ0n) is 9.33. The zero-order valence-corrected chi connectivity index (χ0v) is 9.33. The van der Waals surface area contributed by atoms with Gasteiger partial charge < -0.3 is 15.4 Å². The maximum absolute atomic E-state index is 5.91. The standard InChI is InChI=1S/C11H13N5O/c12-9-8-2-1-3-13-10(8)15-11(14-9)16-4-6-17-7-5-16/h1-3H,4-7H2,(H2,12,13,14,15). The second kappa shape index (κ2) is 4.14. The van der Waals surface area contributed by atoms with Crippen molar-refractivity contribution in [2.24, 2.45) is 0 Å². The van der Waals surface area contributed by atoms with E-state index < -0.39 is 0 Å². The molecule has 0 bridgehead atoms. The molecule has 0 atom stereocenters. The third kappa shape index (κ3) is 1.87. The van der Waals surface area contributed by atoms with Gasteiger partial charge in [-0.2, -0.15) is 9.97 Å². The van der Waals surface area contributed by atoms with Crippen molar-refractivity contribution in [3.05, 3.63) is 18.3 Å². The molecule has 0 saturated carbocycles. The molecule has 3 heterocycles. The van der Waals surface area contributed by atoms with Crippen molar-refractivity contribution >= 4 is 22.8 Å². The van der Waals surface area contributed by atoms with Gasteiger partial charge in [0.2, 0.25) is 5.95 Å². The first kappa shape index (κ1) is 10.2. The number of morpholine rings is 1. The summed E-state index contributed by atoms with van der Waals surface area (Å²) in [4.78, 5) is 15.0. The molecule has 2 N–H and O–H groups in total. The van der Waals surface area contributed by atoms with E-state index in [1.807, 2.05) is 12.1 Å². The first-order valence-electron chi connectivity index (χ1n) is 5.55. The summed E-state index contributed by atoms with van der Waals surface area (Å²) in [5.74, 6) is 1.11. The molecule has 1 fully saturated rings. The molecule has 0 amide bonds. The van der Waals surface area contributed by atoms with Crippen molar-refractivity contribution in [3.63, 3.8) is 0 Å². The van der Waals surface area contributed by atoms with Crippen LogP contribution in [0.5, 0.6) is 0 Å². The van der Waals surface area contributed by atoms with E-state index in [1.54, 1.807) is 6.20 Å². The van der Waals surface area contributed by atoms with Crippen LogP contribution in [-0.2, 0) is 4.74 Å². The number of anilines is 2. The number of nitrogens with zero attached hydrogens (tertiary/aromatic N) is 4. The Morgan fingerprint density at radius 1 is 1.24 bits per heavy atom. The summed E-state index contributed by atoms with van der Waals surface area (Å²) in [6.45, 7) is 2.97. The van der Waals surface area contributed by atoms with Gasteiger partial charge in [-0.25, -0.2) is 4.98 Å². The van der Waals surface area contributed by atoms with Crippen LogP contribution in [0.15, 0.2) is 18.3 Å². The molecule has 0 unspecified atom stereocenters. The molecule has 3 rings (SSSR count). The highest BCUT2D eigenvalue weighted by atomic mass is 16.5. The van der Waals surface area contributed by atoms with Gasteiger partial charge in [-0.3, -0.25) is 0 Å². The maximum atomic E-state index is 5.91. The highest BCUT2D eigenvalue weighted by Crippen LogP contribution is 2.19. The van der Waals surface area contributed by atoms with Crippen molar-refractivity contribution in [3.8, 4) is 0 Å². The van der Waals surface area contributed by atoms with Gasteiger partial charge in [-0.05, 0) is 12.1 Å². The van der Waals surface area contributed by atoms with Gasteiger partial charge in [0.05, 0.1) is 18.6 Å². The Kier molecular flexibility index (Phi) is 2.49. The Bertz CT molecular complexity index is 538. The average molecular weight is 231 g/mol. The topological polar surface area (TPSA) is 77.2 Å². The molecular weight excluding hydrogens is 218 g/mol. The summed E-state index contributed by atoms with van der Waals surface area (Å²) in [5, 5.41) is 0.796. The highest BCUT2D eigenvalue weighted by molar-refractivity contribution is 5.85. The van der Waals surface area contributed by atoms with Crippen LogP contribution in [0.25, 0.3) is 11.0 Å². The van der Waals surface area contributed by atoms with Gasteiger partial charge in [0.25, 0.3) is 0 Å². The summed E-state index contributed by atoms with van der Waals surface area (Å²) in [6.07, 6.45) is 1.71. The molecule has 1 saturated heterocycles. The van der Waals surface area contributed by atoms with Gasteiger partial charge in [-0.15, -0.1) is 0 Å². The Balaban J connectivity index is 2.05. The second-order valence-corrected chi connectivity index (χ2v) is 3.88. The molecule has 88 valence electrons. The molecule has 0 aromatic carbocycles. The predicted octanol–water partition coefficient (Wildman–Crippen LogP) is 0.444. The molecule has 2 aromatic rings. The van der Waals surface area contributed by atoms with Gasteiger partial charge in [-0.1, -0.05) is 0 Å². The molecule has 0 spiro atoms. The van der Waals surface area contributed by atoms with E-state index in [0.717, 1.165) is 18.5 Å². The molecule has 1 aliphatic rings. The average Bonchev–Trinajstić information content (AvgIpc) is 2.40. The van der Waals surface area contributed by atoms with Crippen molar-refractivity contribution < 1.29 is 4.74 Å². The van der Waals surface area contributed by atoms with E-state index in [4.69, 9.17) is 10.5 Å². The first-order valence-corrected chi connectivity index (χ1v) is 5.55. The number of hydrogen-bond acceptors (Lipinski definition) is 6. The van der Waals surface area contributed by atoms with Crippen LogP contribution in [0.4, 0.5) is 11.8 Å². The summed E-state index contributed by atoms with van der Waals surface area (Å²) < 4.78 is 5.29. The Hall–Kier alpha value is -1.95. The summed E-state index contributed by atoms with van der Waals surface area (Å²) >= 11 is 0. The SMILES string of the molecule is Nc1nc(N2CCOCC2)nc2ncccc12. The van der Waals surface area contributed by atoms with Gasteiger partial charge in [0.15, 0.2) is 5.65 Å². The minimum absolute atomic E-state index is 0.476. The van der Waals surface area contributed by atoms with E-state index >= 15 is 0 Å². The van der Waals surface area contributed by atoms with Crippen LogP contribution in [0.2, 0.25) is 0 Å². The lowest BCUT2D eigenvalue weighted by molar-refractivity contribution is 0.122. The number of nitrogen functional groups attached to an aromatic ring is 1. The van der Waals surface area contributed by atoms with Crippen molar-refractivity contribution in [1.82, 2.24) is 15.0 Å². The maximum Gasteiger partial charge on any atom is 0.229 e. The number of nitrogens with two attached hydrogens (primary N) is 1. The molecule has 6 heteroatoms. The summed E-state index contributed by atoms with van der Waals surface area (Å²) in [7, 11) is 0. The van der Waals surface area contributed by atoms with Crippen LogP contribution < -0.4 is 10.6 Å². The number of aromatic nitrogens is 3. The summed E-state index contributed by atoms with van der Waals surface area (Å²) in [6, 6.07) is 3.71. The zero-order chi connectivity index (χ0) is 11.7. The smallest absolute Gasteiger partial charge is 0.229 e. The van der Waals surface area contributed by atoms with Crippen molar-refractivity contribution in [1.29, 1.82) is 0 Å². The lowest BCUT2D eigenvalue weighted by Gasteiger charge is -2.26. The quantitative estimate of drug-likeness (QED) is 0.767. The number of pyridine rings is 1. The molecule has 6 nitrogen and oxygen atoms in total. The van der Waals surface area contributed by atoms with Crippen LogP contribution in [0.3, 0.4) is 0 Å². The number of ether oxygens (including phenoxy) is 1. The lowest BCUT2D eigenvalue weighted by Crippen LogP contribution is -2.37. The van der Waals surface area contributed by atoms with Crippen molar-refractivity contribution in [2.75, 3.05) is 36.9 Å². The Morgan fingerprint density at radius 3 is 2.88 bits per heavy atom. The van der Waals surface area contributed by atoms with E-state index in [0.29, 0.717) is 30.6 Å². The van der Waals surface area contributed by atoms with Crippen LogP contribution in [0.1, 0.15) is 0 Å². The highest BCUT2D eigenvalue weighted by Gasteiger charge is 2.15. The normalized spacial score (nSPS) is 16.4. The third-order valence-electron chi connectivity index (χ3n) is 2.78. The Morgan fingerprint density at radius 2 is 2.06 bits per heavy atom. The minimum atomic E-state index is 0.476. The van der Waals surface area contributed by atoms with E-state index in [9.17, 15) is 0 Å². The fourth-order valence-corrected chi connectivity index (χ4v) is 1.88. The number of fused-ring (bicyclic) bond motifs is 1. The van der Waals surface area contributed by atoms with Crippen LogP contribution >= 0.6 is 0 Å². The third-order valence-corrected chi connectivity index (χ3v) is 2.78. The van der Waals surface area contributed by atoms with E-state index in [1.165, 1.54) is 0 Å². The van der Waals surface area contributed by atoms with E-state index in [-0.39, 0.29) is 0 Å². The molecule has 1 aliphatic heterocycles. The number of rotatable bonds is 1. The number of hydrogen-bond donors (Lipinski definition) is 1. The van der Waals surface area contributed by atoms with Gasteiger partial charge in [0, 0.05) is 19.3 Å². The minimum Gasteiger partial charge on any atom is -0.383 e. The second-order valence-electron chi connectivity index (χ2n) is 3.88. The van der Waals surface area contributed by atoms with Crippen LogP contribution in [0, 0.1) is 0 Å². The predicted molar refractivity (Wildman–Crippen MR) is 64.8 cm³/mol. The summed E-state index contributed by atoms with van der Waals surface area (Å²) in [5.41, 5.74) is 6.55. The monoisotopic (exact) mass is 231 g/mol. The fourth-order valence-electron chi connectivity index (χ4n) is 1.88. The van der Waals surface area contributed by atoms with Crippen molar-refractivity contribution in [2.45, 2.75) is 0 Å². The lowest BCUT2D eigenvalue weighted by atomic mass is 10.3. The molecule has 0 aliphatic carbocycles. The molecule has 17 heavy (non-hydrogen) atoms. The first-order chi connectivity index (χ1) is 8.34. The largest absolute Gasteiger partial charge is 0.383 e. The fraction of sp³-hybridized carbons (Fsp3) is 0.364.